The summed E-state index contributed by atoms with van der Waals surface area (Å²) in [5.41, 5.74) is -3.67. The molecule has 9 heteroatoms. The van der Waals surface area contributed by atoms with Crippen molar-refractivity contribution in [1.29, 1.82) is 0 Å². The fourth-order valence-corrected chi connectivity index (χ4v) is 7.83. The summed E-state index contributed by atoms with van der Waals surface area (Å²) in [6.07, 6.45) is -3.70. The smallest absolute Gasteiger partial charge is 0.426 e. The molecule has 2 N–H and O–H groups in total. The maximum absolute atomic E-state index is 14.1. The SMILES string of the molecule is [3H]CSO[C@H]1C[C@@]23OC(=O)OC2[C@@H]2[C@]4(O)CO[C@@H]4C[C@H](C)[C@@]2(C)C(=O)[C@H](O)C(=C1C)C3(C)C. The number of Topliss-reactive ketones (excluding diaryl/α,β-unsaturated/α-hetero) is 1. The average Bonchev–Trinajstić information content (AvgIpc) is 3.07. The monoisotopic (exact) mass is 470 g/mol. The molecule has 1 unspecified atom stereocenters. The molecule has 0 aromatic rings. The Morgan fingerprint density at radius 3 is 2.62 bits per heavy atom. The van der Waals surface area contributed by atoms with Crippen LogP contribution in [0, 0.1) is 22.7 Å². The third-order valence-corrected chi connectivity index (χ3v) is 9.83. The van der Waals surface area contributed by atoms with Crippen molar-refractivity contribution in [3.8, 4) is 0 Å². The number of carbonyl (C=O) groups excluding carboxylic acids is 2. The zero-order valence-electron chi connectivity index (χ0n) is 20.0. The second kappa shape index (κ2) is 6.72. The van der Waals surface area contributed by atoms with Crippen LogP contribution in [-0.2, 0) is 23.2 Å². The molecule has 178 valence electrons. The van der Waals surface area contributed by atoms with Crippen molar-refractivity contribution in [2.75, 3.05) is 12.8 Å². The fourth-order valence-electron chi connectivity index (χ4n) is 7.46. The van der Waals surface area contributed by atoms with E-state index in [2.05, 4.69) is 0 Å². The van der Waals surface area contributed by atoms with Gasteiger partial charge in [-0.3, -0.25) is 4.79 Å². The summed E-state index contributed by atoms with van der Waals surface area (Å²) in [6, 6.07) is 0. The summed E-state index contributed by atoms with van der Waals surface area (Å²) in [5, 5.41) is 23.4. The number of carbonyl (C=O) groups is 2. The van der Waals surface area contributed by atoms with Crippen LogP contribution in [0.5, 0.6) is 0 Å². The third-order valence-electron chi connectivity index (χ3n) is 9.46. The lowest BCUT2D eigenvalue weighted by atomic mass is 9.43. The number of rotatable bonds is 2. The number of hydrogen-bond donors (Lipinski definition) is 2. The molecule has 32 heavy (non-hydrogen) atoms. The predicted octanol–water partition coefficient (Wildman–Crippen LogP) is 2.41. The van der Waals surface area contributed by atoms with Crippen LogP contribution in [0.15, 0.2) is 11.1 Å². The molecule has 0 amide bonds. The first-order valence-corrected chi connectivity index (χ1v) is 12.0. The second-order valence-electron chi connectivity index (χ2n) is 10.9. The minimum absolute atomic E-state index is 0.0227. The van der Waals surface area contributed by atoms with Gasteiger partial charge in [0.2, 0.25) is 0 Å². The van der Waals surface area contributed by atoms with Crippen molar-refractivity contribution in [2.24, 2.45) is 22.7 Å². The Kier molecular flexibility index (Phi) is 4.49. The third kappa shape index (κ3) is 2.39. The number of aliphatic hydroxyl groups is 2. The molecule has 2 heterocycles. The van der Waals surface area contributed by atoms with E-state index in [1.807, 2.05) is 27.7 Å². The number of fused-ring (bicyclic) bond motifs is 5. The largest absolute Gasteiger partial charge is 0.509 e. The lowest BCUT2D eigenvalue weighted by Gasteiger charge is -2.66. The van der Waals surface area contributed by atoms with Crippen molar-refractivity contribution < 1.29 is 39.6 Å². The Labute approximate surface area is 193 Å². The van der Waals surface area contributed by atoms with Crippen LogP contribution >= 0.6 is 12.0 Å². The van der Waals surface area contributed by atoms with Gasteiger partial charge in [0.25, 0.3) is 0 Å². The molecular weight excluding hydrogens is 436 g/mol. The highest BCUT2D eigenvalue weighted by Crippen LogP contribution is 2.66. The van der Waals surface area contributed by atoms with Crippen molar-refractivity contribution in [2.45, 2.75) is 83.1 Å². The van der Waals surface area contributed by atoms with Gasteiger partial charge in [0.1, 0.15) is 11.7 Å². The van der Waals surface area contributed by atoms with Crippen LogP contribution in [0.2, 0.25) is 0 Å². The molecule has 1 spiro atoms. The summed E-state index contributed by atoms with van der Waals surface area (Å²) in [7, 11) is 0. The van der Waals surface area contributed by atoms with Crippen molar-refractivity contribution in [1.82, 2.24) is 0 Å². The lowest BCUT2D eigenvalue weighted by Crippen LogP contribution is -2.79. The molecular formula is C23H32O8S. The molecule has 0 aromatic heterocycles. The van der Waals surface area contributed by atoms with E-state index in [1.165, 1.54) is 0 Å². The number of hydrogen-bond acceptors (Lipinski definition) is 9. The molecule has 8 nitrogen and oxygen atoms in total. The van der Waals surface area contributed by atoms with Gasteiger partial charge in [0, 0.05) is 30.8 Å². The molecule has 2 bridgehead atoms. The summed E-state index contributed by atoms with van der Waals surface area (Å²) in [4.78, 5) is 26.9. The molecule has 3 aliphatic carbocycles. The maximum atomic E-state index is 14.1. The normalized spacial score (nSPS) is 51.8. The van der Waals surface area contributed by atoms with E-state index >= 15 is 0 Å². The Hall–Kier alpha value is -1.13. The van der Waals surface area contributed by atoms with Gasteiger partial charge in [0.05, 0.1) is 18.8 Å². The van der Waals surface area contributed by atoms with Crippen molar-refractivity contribution >= 4 is 24.0 Å². The molecule has 5 aliphatic rings. The van der Waals surface area contributed by atoms with Crippen molar-refractivity contribution in [3.63, 3.8) is 0 Å². The van der Waals surface area contributed by atoms with Gasteiger partial charge in [0.15, 0.2) is 17.5 Å². The van der Waals surface area contributed by atoms with E-state index in [-0.39, 0.29) is 25.2 Å². The highest BCUT2D eigenvalue weighted by atomic mass is 32.2. The van der Waals surface area contributed by atoms with Gasteiger partial charge >= 0.3 is 6.16 Å². The Morgan fingerprint density at radius 1 is 1.28 bits per heavy atom. The quantitative estimate of drug-likeness (QED) is 0.357. The molecule has 4 fully saturated rings. The van der Waals surface area contributed by atoms with Crippen LogP contribution < -0.4 is 0 Å². The number of ketones is 1. The zero-order valence-corrected chi connectivity index (χ0v) is 19.9. The number of aliphatic hydroxyl groups excluding tert-OH is 1. The van der Waals surface area contributed by atoms with E-state index in [9.17, 15) is 19.8 Å². The van der Waals surface area contributed by atoms with Crippen LogP contribution in [0.1, 0.15) is 48.8 Å². The lowest BCUT2D eigenvalue weighted by molar-refractivity contribution is -0.327. The van der Waals surface area contributed by atoms with Gasteiger partial charge < -0.3 is 28.6 Å². The second-order valence-corrected chi connectivity index (χ2v) is 11.3. The molecule has 9 atom stereocenters. The molecule has 0 aromatic carbocycles. The van der Waals surface area contributed by atoms with Gasteiger partial charge in [-0.2, -0.15) is 0 Å². The molecule has 5 rings (SSSR count). The summed E-state index contributed by atoms with van der Waals surface area (Å²) in [5.74, 6) is -1.46. The van der Waals surface area contributed by atoms with E-state index in [0.29, 0.717) is 17.6 Å². The highest BCUT2D eigenvalue weighted by molar-refractivity contribution is 7.93. The Balaban J connectivity index is 1.79. The minimum atomic E-state index is -1.46. The summed E-state index contributed by atoms with van der Waals surface area (Å²) >= 11 is 0.952. The molecule has 2 saturated heterocycles. The number of ether oxygens (including phenoxy) is 3. The first-order valence-electron chi connectivity index (χ1n) is 11.8. The van der Waals surface area contributed by atoms with Gasteiger partial charge in [-0.25, -0.2) is 4.79 Å². The first kappa shape index (κ1) is 21.4. The van der Waals surface area contributed by atoms with E-state index in [0.717, 1.165) is 12.0 Å². The van der Waals surface area contributed by atoms with Crippen LogP contribution in [0.3, 0.4) is 0 Å². The van der Waals surface area contributed by atoms with Crippen molar-refractivity contribution in [3.05, 3.63) is 11.1 Å². The molecule has 0 radical (unpaired) electrons. The standard InChI is InChI=1S/C23H32O8S/c1-10-7-13-22(27,9-28-13)16-18-23(30-19(26)29-18)8-12(31-32-6)11(2)14(20(23,3)4)15(24)17(25)21(10,16)5/h10,12-13,15-16,18,24,27H,7-9H2,1-6H3/t10-,12-,13+,15+,16-,18?,21+,22-,23+/m0/s1/i6T. The molecule has 2 aliphatic heterocycles. The van der Waals surface area contributed by atoms with Crippen LogP contribution in [0.4, 0.5) is 4.79 Å². The fraction of sp³-hybridized carbons (Fsp3) is 0.826. The topological polar surface area (TPSA) is 112 Å². The zero-order chi connectivity index (χ0) is 24.1. The van der Waals surface area contributed by atoms with Gasteiger partial charge in [-0.05, 0) is 42.5 Å². The van der Waals surface area contributed by atoms with E-state index in [1.54, 1.807) is 6.92 Å². The van der Waals surface area contributed by atoms with E-state index in [4.69, 9.17) is 19.8 Å². The maximum Gasteiger partial charge on any atom is 0.509 e. The van der Waals surface area contributed by atoms with E-state index < -0.39 is 64.3 Å². The highest BCUT2D eigenvalue weighted by Gasteiger charge is 2.78. The predicted molar refractivity (Wildman–Crippen MR) is 115 cm³/mol. The summed E-state index contributed by atoms with van der Waals surface area (Å²) < 4.78 is 30.9. The van der Waals surface area contributed by atoms with Gasteiger partial charge in [-0.15, -0.1) is 0 Å². The van der Waals surface area contributed by atoms with Crippen LogP contribution in [-0.4, -0.2) is 70.6 Å². The Bertz CT molecular complexity index is 937. The Morgan fingerprint density at radius 2 is 2.00 bits per heavy atom. The molecule has 2 saturated carbocycles. The first-order chi connectivity index (χ1) is 15.4. The summed E-state index contributed by atoms with van der Waals surface area (Å²) in [6.45, 7) is 9.22. The van der Waals surface area contributed by atoms with Crippen LogP contribution in [0.25, 0.3) is 0 Å². The minimum Gasteiger partial charge on any atom is -0.426 e. The average molecular weight is 471 g/mol. The van der Waals surface area contributed by atoms with Gasteiger partial charge in [-0.1, -0.05) is 27.7 Å².